The maximum Gasteiger partial charge on any atom is 0.257 e. The van der Waals surface area contributed by atoms with Crippen LogP contribution in [0.4, 0.5) is 11.5 Å². The molecule has 2 aromatic heterocycles. The molecule has 0 bridgehead atoms. The number of rotatable bonds is 4. The Bertz CT molecular complexity index is 975. The molecule has 9 heteroatoms. The lowest BCUT2D eigenvalue weighted by atomic mass is 10.2. The highest BCUT2D eigenvalue weighted by Crippen LogP contribution is 2.31. The number of carbonyl (C=O) groups excluding carboxylic acids is 1. The maximum atomic E-state index is 12.8. The van der Waals surface area contributed by atoms with E-state index in [4.69, 9.17) is 23.2 Å². The number of hydrogen-bond acceptors (Lipinski definition) is 6. The van der Waals surface area contributed by atoms with E-state index >= 15 is 0 Å². The van der Waals surface area contributed by atoms with Crippen LogP contribution in [0, 0.1) is 0 Å². The van der Waals surface area contributed by atoms with Crippen molar-refractivity contribution in [2.24, 2.45) is 0 Å². The number of benzene rings is 1. The molecule has 5 nitrogen and oxygen atoms in total. The fraction of sp³-hybridized carbons (Fsp3) is 0.167. The van der Waals surface area contributed by atoms with Gasteiger partial charge >= 0.3 is 0 Å². The Morgan fingerprint density at radius 2 is 2.07 bits per heavy atom. The van der Waals surface area contributed by atoms with Crippen molar-refractivity contribution in [3.05, 3.63) is 57.6 Å². The normalized spacial score (nSPS) is 13.8. The first-order valence-corrected chi connectivity index (χ1v) is 10.8. The second kappa shape index (κ2) is 8.06. The van der Waals surface area contributed by atoms with Crippen molar-refractivity contribution in [3.63, 3.8) is 0 Å². The molecule has 0 saturated carbocycles. The quantitative estimate of drug-likeness (QED) is 0.537. The van der Waals surface area contributed by atoms with Gasteiger partial charge in [-0.2, -0.15) is 0 Å². The number of pyridine rings is 1. The minimum absolute atomic E-state index is 0.305. The van der Waals surface area contributed by atoms with Crippen LogP contribution in [0.1, 0.15) is 16.8 Å². The highest BCUT2D eigenvalue weighted by atomic mass is 35.5. The maximum absolute atomic E-state index is 12.8. The Balaban J connectivity index is 1.60. The zero-order chi connectivity index (χ0) is 18.8. The lowest BCUT2D eigenvalue weighted by molar-refractivity contribution is 0.102. The molecule has 3 heterocycles. The minimum atomic E-state index is -0.305. The van der Waals surface area contributed by atoms with Crippen LogP contribution in [0.25, 0.3) is 10.6 Å². The molecule has 1 N–H and O–H groups in total. The number of anilines is 2. The van der Waals surface area contributed by atoms with Gasteiger partial charge in [-0.1, -0.05) is 23.2 Å². The first kappa shape index (κ1) is 18.6. The van der Waals surface area contributed by atoms with Crippen molar-refractivity contribution in [1.82, 2.24) is 9.97 Å². The van der Waals surface area contributed by atoms with Crippen molar-refractivity contribution in [2.75, 3.05) is 21.9 Å². The molecule has 1 aliphatic rings. The molecule has 0 radical (unpaired) electrons. The molecule has 1 aromatic carbocycles. The van der Waals surface area contributed by atoms with Crippen molar-refractivity contribution in [2.45, 2.75) is 6.42 Å². The lowest BCUT2D eigenvalue weighted by Crippen LogP contribution is -2.16. The molecule has 1 amide bonds. The Hall–Kier alpha value is -1.80. The van der Waals surface area contributed by atoms with Crippen LogP contribution in [0.2, 0.25) is 10.0 Å². The van der Waals surface area contributed by atoms with Gasteiger partial charge in [0.1, 0.15) is 10.8 Å². The van der Waals surface area contributed by atoms with Gasteiger partial charge < -0.3 is 9.62 Å². The average Bonchev–Trinajstić information content (AvgIpc) is 3.35. The van der Waals surface area contributed by atoms with Gasteiger partial charge in [0.2, 0.25) is 0 Å². The largest absolute Gasteiger partial charge is 0.322 e. The fourth-order valence-corrected chi connectivity index (χ4v) is 4.74. The van der Waals surface area contributed by atoms with Gasteiger partial charge in [-0.3, -0.25) is 4.79 Å². The number of nitrogens with zero attached hydrogens (tertiary/aromatic N) is 3. The lowest BCUT2D eigenvalue weighted by Gasteiger charge is -2.16. The van der Waals surface area contributed by atoms with E-state index in [0.717, 1.165) is 35.1 Å². The molecule has 1 fully saturated rings. The van der Waals surface area contributed by atoms with Crippen LogP contribution in [0.3, 0.4) is 0 Å². The molecule has 0 atom stereocenters. The highest BCUT2D eigenvalue weighted by molar-refractivity contribution is 8.00. The van der Waals surface area contributed by atoms with Crippen molar-refractivity contribution >= 4 is 63.9 Å². The standard InChI is InChI=1S/C18H14Cl2N4OS2/c19-12-6-11(18-21-2-5-26-18)7-13(8-12)23-17(25)14-9-16(22-10-15(14)20)24-3-1-4-27-24/h2,5-10H,1,3-4H2,(H,23,25). The molecule has 1 saturated heterocycles. The van der Waals surface area contributed by atoms with Crippen LogP contribution >= 0.6 is 46.5 Å². The number of carbonyl (C=O) groups is 1. The SMILES string of the molecule is O=C(Nc1cc(Cl)cc(-c2nccs2)c1)c1cc(N2CCCS2)ncc1Cl. The van der Waals surface area contributed by atoms with E-state index in [0.29, 0.717) is 21.3 Å². The zero-order valence-corrected chi connectivity index (χ0v) is 17.1. The van der Waals surface area contributed by atoms with Gasteiger partial charge in [-0.25, -0.2) is 9.97 Å². The monoisotopic (exact) mass is 436 g/mol. The number of aromatic nitrogens is 2. The molecule has 27 heavy (non-hydrogen) atoms. The van der Waals surface area contributed by atoms with Crippen molar-refractivity contribution < 1.29 is 4.79 Å². The van der Waals surface area contributed by atoms with E-state index in [1.54, 1.807) is 30.3 Å². The third-order valence-electron chi connectivity index (χ3n) is 3.93. The fourth-order valence-electron chi connectivity index (χ4n) is 2.72. The van der Waals surface area contributed by atoms with Crippen LogP contribution < -0.4 is 9.62 Å². The molecule has 1 aliphatic heterocycles. The van der Waals surface area contributed by atoms with E-state index in [2.05, 4.69) is 19.6 Å². The zero-order valence-electron chi connectivity index (χ0n) is 14.0. The van der Waals surface area contributed by atoms with E-state index in [-0.39, 0.29) is 5.91 Å². The summed E-state index contributed by atoms with van der Waals surface area (Å²) in [4.78, 5) is 21.4. The highest BCUT2D eigenvalue weighted by Gasteiger charge is 2.19. The van der Waals surface area contributed by atoms with Gasteiger partial charge in [-0.05, 0) is 42.6 Å². The summed E-state index contributed by atoms with van der Waals surface area (Å²) in [5, 5.41) is 6.43. The molecule has 0 spiro atoms. The van der Waals surface area contributed by atoms with Crippen molar-refractivity contribution in [1.29, 1.82) is 0 Å². The summed E-state index contributed by atoms with van der Waals surface area (Å²) < 4.78 is 2.08. The van der Waals surface area contributed by atoms with Gasteiger partial charge in [0, 0.05) is 46.3 Å². The topological polar surface area (TPSA) is 58.1 Å². The van der Waals surface area contributed by atoms with Crippen LogP contribution in [0.5, 0.6) is 0 Å². The summed E-state index contributed by atoms with van der Waals surface area (Å²) in [6.45, 7) is 0.909. The number of thiazole rings is 1. The Labute approximate surface area is 174 Å². The second-order valence-electron chi connectivity index (χ2n) is 5.83. The van der Waals surface area contributed by atoms with E-state index in [1.807, 2.05) is 17.5 Å². The van der Waals surface area contributed by atoms with Crippen molar-refractivity contribution in [3.8, 4) is 10.6 Å². The predicted molar refractivity (Wildman–Crippen MR) is 114 cm³/mol. The second-order valence-corrected chi connectivity index (χ2v) is 8.68. The summed E-state index contributed by atoms with van der Waals surface area (Å²) in [5.74, 6) is 1.48. The Morgan fingerprint density at radius 1 is 1.19 bits per heavy atom. The molecular weight excluding hydrogens is 423 g/mol. The number of amides is 1. The summed E-state index contributed by atoms with van der Waals surface area (Å²) in [7, 11) is 0. The molecule has 0 unspecified atom stereocenters. The summed E-state index contributed by atoms with van der Waals surface area (Å²) in [5.41, 5.74) is 1.82. The van der Waals surface area contributed by atoms with E-state index < -0.39 is 0 Å². The molecular formula is C18H14Cl2N4OS2. The Morgan fingerprint density at radius 3 is 2.81 bits per heavy atom. The van der Waals surface area contributed by atoms with Crippen LogP contribution in [-0.2, 0) is 0 Å². The van der Waals surface area contributed by atoms with E-state index in [1.165, 1.54) is 17.5 Å². The number of hydrogen-bond donors (Lipinski definition) is 1. The van der Waals surface area contributed by atoms with Gasteiger partial charge in [0.05, 0.1) is 10.6 Å². The minimum Gasteiger partial charge on any atom is -0.322 e. The first-order valence-electron chi connectivity index (χ1n) is 8.18. The summed E-state index contributed by atoms with van der Waals surface area (Å²) in [6, 6.07) is 7.08. The van der Waals surface area contributed by atoms with Gasteiger partial charge in [0.25, 0.3) is 5.91 Å². The smallest absolute Gasteiger partial charge is 0.257 e. The first-order chi connectivity index (χ1) is 13.1. The van der Waals surface area contributed by atoms with E-state index in [9.17, 15) is 4.79 Å². The molecule has 3 aromatic rings. The number of halogens is 2. The average molecular weight is 437 g/mol. The molecule has 138 valence electrons. The van der Waals surface area contributed by atoms with Gasteiger partial charge in [-0.15, -0.1) is 11.3 Å². The molecule has 4 rings (SSSR count). The third kappa shape index (κ3) is 4.21. The van der Waals surface area contributed by atoms with Gasteiger partial charge in [0.15, 0.2) is 0 Å². The predicted octanol–water partition coefficient (Wildman–Crippen LogP) is 5.62. The van der Waals surface area contributed by atoms with Crippen LogP contribution in [0.15, 0.2) is 42.0 Å². The summed E-state index contributed by atoms with van der Waals surface area (Å²) >= 11 is 15.7. The molecule has 0 aliphatic carbocycles. The summed E-state index contributed by atoms with van der Waals surface area (Å²) in [6.07, 6.45) is 4.34. The Kier molecular flexibility index (Phi) is 5.54. The third-order valence-corrected chi connectivity index (χ3v) is 6.42. The van der Waals surface area contributed by atoms with Crippen LogP contribution in [-0.4, -0.2) is 28.2 Å². The number of nitrogens with one attached hydrogen (secondary N) is 1.